The van der Waals surface area contributed by atoms with E-state index in [9.17, 15) is 15.2 Å². The van der Waals surface area contributed by atoms with E-state index in [1.165, 1.54) is 12.8 Å². The zero-order valence-corrected chi connectivity index (χ0v) is 19.2. The van der Waals surface area contributed by atoms with Gasteiger partial charge in [0.2, 0.25) is 0 Å². The van der Waals surface area contributed by atoms with Crippen molar-refractivity contribution in [1.82, 2.24) is 0 Å². The highest BCUT2D eigenvalue weighted by Gasteiger charge is 2.84. The van der Waals surface area contributed by atoms with E-state index in [1.54, 1.807) is 0 Å². The van der Waals surface area contributed by atoms with Crippen LogP contribution in [0, 0.1) is 57.2 Å². The summed E-state index contributed by atoms with van der Waals surface area (Å²) in [7, 11) is 0. The molecule has 4 nitrogen and oxygen atoms in total. The maximum Gasteiger partial charge on any atom is 0.316 e. The summed E-state index contributed by atoms with van der Waals surface area (Å²) in [5.41, 5.74) is -1.31. The van der Waals surface area contributed by atoms with Crippen LogP contribution in [0.4, 0.5) is 0 Å². The highest BCUT2D eigenvalue weighted by atomic mass is 16.5. The zero-order valence-electron chi connectivity index (χ0n) is 19.2. The molecule has 4 aliphatic rings. The first-order valence-corrected chi connectivity index (χ1v) is 12.3. The minimum atomic E-state index is -1.08. The van der Waals surface area contributed by atoms with E-state index in [2.05, 4.69) is 39.8 Å². The first-order valence-electron chi connectivity index (χ1n) is 12.3. The van der Waals surface area contributed by atoms with Gasteiger partial charge >= 0.3 is 5.97 Å². The van der Waals surface area contributed by atoms with Gasteiger partial charge in [-0.1, -0.05) is 65.0 Å². The number of ether oxygens (including phenoxy) is 1. The van der Waals surface area contributed by atoms with E-state index >= 15 is 0 Å². The number of hydrogen-bond donors (Lipinski definition) is 1. The maximum absolute atomic E-state index is 13.3. The van der Waals surface area contributed by atoms with E-state index in [-0.39, 0.29) is 17.8 Å². The molecular weight excluding hydrogens is 374 g/mol. The van der Waals surface area contributed by atoms with Crippen molar-refractivity contribution in [3.05, 3.63) is 11.6 Å². The Hall–Kier alpha value is -1.34. The highest BCUT2D eigenvalue weighted by Crippen LogP contribution is 2.83. The Bertz CT molecular complexity index is 767. The normalized spacial score (nSPS) is 43.5. The van der Waals surface area contributed by atoms with Crippen molar-refractivity contribution in [2.75, 3.05) is 13.2 Å². The Balaban J connectivity index is 1.76. The third-order valence-corrected chi connectivity index (χ3v) is 9.54. The molecular formula is C26H39NO3. The maximum atomic E-state index is 13.3. The molecule has 7 atom stereocenters. The van der Waals surface area contributed by atoms with Crippen LogP contribution in [0.3, 0.4) is 0 Å². The molecule has 30 heavy (non-hydrogen) atoms. The molecule has 4 heteroatoms. The lowest BCUT2D eigenvalue weighted by molar-refractivity contribution is -0.179. The first-order chi connectivity index (χ1) is 14.3. The Labute approximate surface area is 182 Å². The fourth-order valence-electron chi connectivity index (χ4n) is 8.42. The quantitative estimate of drug-likeness (QED) is 0.381. The van der Waals surface area contributed by atoms with Crippen molar-refractivity contribution < 1.29 is 14.6 Å². The number of hydrogen-bond acceptors (Lipinski definition) is 3. The van der Waals surface area contributed by atoms with Crippen LogP contribution in [0.15, 0.2) is 11.6 Å². The van der Waals surface area contributed by atoms with Gasteiger partial charge in [-0.15, -0.1) is 0 Å². The lowest BCUT2D eigenvalue weighted by atomic mass is 9.43. The monoisotopic (exact) mass is 413 g/mol. The standard InChI is InChI=1S/C26H39NO3/c1-5-6-7-8-11-30-16-25-14-20-18(4)9-10-21(20)24(15-27)13-19(25)12-22(17(2)3)26(24,25)23(28)29/h12,17-21H,5-11,13-14,16H2,1-4H3,(H,28,29)/t18-,19+,20-,21-,24+,25+,26+/m0/s1. The molecule has 4 aliphatic carbocycles. The van der Waals surface area contributed by atoms with Crippen molar-refractivity contribution >= 4 is 5.97 Å². The molecule has 0 spiro atoms. The molecule has 0 unspecified atom stereocenters. The number of aliphatic carboxylic acids is 1. The van der Waals surface area contributed by atoms with Crippen LogP contribution >= 0.6 is 0 Å². The number of nitriles is 1. The van der Waals surface area contributed by atoms with Gasteiger partial charge in [0.25, 0.3) is 0 Å². The number of allylic oxidation sites excluding steroid dienone is 1. The lowest BCUT2D eigenvalue weighted by Crippen LogP contribution is -2.62. The molecule has 0 aliphatic heterocycles. The van der Waals surface area contributed by atoms with Crippen LogP contribution in [-0.4, -0.2) is 24.3 Å². The van der Waals surface area contributed by atoms with Crippen LogP contribution < -0.4 is 0 Å². The van der Waals surface area contributed by atoms with Crippen molar-refractivity contribution in [1.29, 1.82) is 5.26 Å². The third kappa shape index (κ3) is 2.51. The topological polar surface area (TPSA) is 70.3 Å². The molecule has 0 heterocycles. The molecule has 4 rings (SSSR count). The molecule has 1 N–H and O–H groups in total. The van der Waals surface area contributed by atoms with E-state index < -0.39 is 22.2 Å². The van der Waals surface area contributed by atoms with E-state index in [1.807, 2.05) is 0 Å². The number of fused-ring (bicyclic) bond motifs is 2. The molecule has 166 valence electrons. The van der Waals surface area contributed by atoms with E-state index in [0.717, 1.165) is 37.7 Å². The molecule has 0 radical (unpaired) electrons. The van der Waals surface area contributed by atoms with E-state index in [4.69, 9.17) is 4.74 Å². The predicted octanol–water partition coefficient (Wildman–Crippen LogP) is 5.83. The molecule has 0 saturated heterocycles. The van der Waals surface area contributed by atoms with Gasteiger partial charge in [-0.05, 0) is 55.3 Å². The SMILES string of the molecule is CCCCCCOC[C@]12C[C@H]3[C@@H](C)CC[C@@H]3[C@]3(C#N)C[C@H]1C=C(C(C)C)[C@]23C(=O)O. The fourth-order valence-corrected chi connectivity index (χ4v) is 8.42. The van der Waals surface area contributed by atoms with Crippen LogP contribution in [0.1, 0.15) is 79.1 Å². The molecule has 3 fully saturated rings. The summed E-state index contributed by atoms with van der Waals surface area (Å²) in [5.74, 6) is 0.747. The van der Waals surface area contributed by atoms with E-state index in [0.29, 0.717) is 31.5 Å². The first kappa shape index (κ1) is 21.9. The van der Waals surface area contributed by atoms with Crippen LogP contribution in [0.5, 0.6) is 0 Å². The predicted molar refractivity (Wildman–Crippen MR) is 117 cm³/mol. The smallest absolute Gasteiger partial charge is 0.316 e. The molecule has 0 aromatic carbocycles. The number of unbranched alkanes of at least 4 members (excludes halogenated alkanes) is 3. The van der Waals surface area contributed by atoms with Crippen molar-refractivity contribution in [3.63, 3.8) is 0 Å². The summed E-state index contributed by atoms with van der Waals surface area (Å²) < 4.78 is 6.29. The lowest BCUT2D eigenvalue weighted by Gasteiger charge is -2.57. The number of carboxylic acids is 1. The van der Waals surface area contributed by atoms with Crippen molar-refractivity contribution in [2.24, 2.45) is 45.8 Å². The largest absolute Gasteiger partial charge is 0.481 e. The van der Waals surface area contributed by atoms with Gasteiger partial charge in [-0.2, -0.15) is 5.26 Å². The van der Waals surface area contributed by atoms with Crippen molar-refractivity contribution in [3.8, 4) is 6.07 Å². The average Bonchev–Trinajstić information content (AvgIpc) is 3.27. The molecule has 3 saturated carbocycles. The van der Waals surface area contributed by atoms with Gasteiger partial charge in [0, 0.05) is 12.0 Å². The van der Waals surface area contributed by atoms with Gasteiger partial charge in [-0.25, -0.2) is 0 Å². The second-order valence-corrected chi connectivity index (χ2v) is 11.0. The van der Waals surface area contributed by atoms with Crippen LogP contribution in [-0.2, 0) is 9.53 Å². The Morgan fingerprint density at radius 1 is 1.30 bits per heavy atom. The second kappa shape index (κ2) is 7.66. The molecule has 0 aromatic heterocycles. The summed E-state index contributed by atoms with van der Waals surface area (Å²) in [6.45, 7) is 9.91. The van der Waals surface area contributed by atoms with Crippen molar-refractivity contribution in [2.45, 2.75) is 79.1 Å². The zero-order chi connectivity index (χ0) is 21.7. The van der Waals surface area contributed by atoms with Crippen LogP contribution in [0.25, 0.3) is 0 Å². The number of rotatable bonds is 9. The number of nitrogens with zero attached hydrogens (tertiary/aromatic N) is 1. The summed E-state index contributed by atoms with van der Waals surface area (Å²) >= 11 is 0. The summed E-state index contributed by atoms with van der Waals surface area (Å²) in [5, 5.41) is 21.5. The highest BCUT2D eigenvalue weighted by molar-refractivity contribution is 5.85. The summed E-state index contributed by atoms with van der Waals surface area (Å²) in [6.07, 6.45) is 10.6. The average molecular weight is 414 g/mol. The minimum absolute atomic E-state index is 0.137. The van der Waals surface area contributed by atoms with Gasteiger partial charge in [0.1, 0.15) is 5.41 Å². The van der Waals surface area contributed by atoms with Gasteiger partial charge in [0.15, 0.2) is 0 Å². The summed E-state index contributed by atoms with van der Waals surface area (Å²) in [6, 6.07) is 2.71. The van der Waals surface area contributed by atoms with Crippen LogP contribution in [0.2, 0.25) is 0 Å². The Morgan fingerprint density at radius 2 is 2.07 bits per heavy atom. The minimum Gasteiger partial charge on any atom is -0.481 e. The van der Waals surface area contributed by atoms with Gasteiger partial charge in [0.05, 0.1) is 18.1 Å². The molecule has 4 bridgehead atoms. The molecule has 0 aromatic rings. The van der Waals surface area contributed by atoms with Gasteiger partial charge in [-0.3, -0.25) is 4.79 Å². The fraction of sp³-hybridized carbons (Fsp3) is 0.846. The third-order valence-electron chi connectivity index (χ3n) is 9.54. The van der Waals surface area contributed by atoms with Gasteiger partial charge < -0.3 is 9.84 Å². The summed E-state index contributed by atoms with van der Waals surface area (Å²) in [4.78, 5) is 13.3. The second-order valence-electron chi connectivity index (χ2n) is 11.0. The molecule has 0 amide bonds. The Kier molecular flexibility index (Phi) is 5.59. The Morgan fingerprint density at radius 3 is 2.70 bits per heavy atom. The number of carboxylic acid groups (broad SMARTS) is 1. The number of carbonyl (C=O) groups is 1.